The molecule has 0 aliphatic carbocycles. The average Bonchev–Trinajstić information content (AvgIpc) is 3.10. The molecule has 0 amide bonds. The maximum absolute atomic E-state index is 4.71. The van der Waals surface area contributed by atoms with Crippen molar-refractivity contribution in [3.63, 3.8) is 0 Å². The fourth-order valence-electron chi connectivity index (χ4n) is 2.67. The van der Waals surface area contributed by atoms with Gasteiger partial charge in [0.2, 0.25) is 0 Å². The van der Waals surface area contributed by atoms with Crippen LogP contribution in [0.5, 0.6) is 0 Å². The predicted molar refractivity (Wildman–Crippen MR) is 105 cm³/mol. The van der Waals surface area contributed by atoms with Crippen LogP contribution in [0.3, 0.4) is 0 Å². The Morgan fingerprint density at radius 1 is 0.917 bits per heavy atom. The van der Waals surface area contributed by atoms with E-state index in [-0.39, 0.29) is 0 Å². The van der Waals surface area contributed by atoms with Gasteiger partial charge in [0.05, 0.1) is 5.69 Å². The molecule has 0 aliphatic heterocycles. The summed E-state index contributed by atoms with van der Waals surface area (Å²) in [6.45, 7) is 3.14. The van der Waals surface area contributed by atoms with Crippen LogP contribution in [0.15, 0.2) is 60.0 Å². The van der Waals surface area contributed by atoms with Crippen LogP contribution in [0.2, 0.25) is 0 Å². The molecule has 3 rings (SSSR count). The highest BCUT2D eigenvalue weighted by Crippen LogP contribution is 2.25. The zero-order chi connectivity index (χ0) is 16.6. The average molecular weight is 337 g/mol. The van der Waals surface area contributed by atoms with E-state index in [9.17, 15) is 0 Å². The van der Waals surface area contributed by atoms with Crippen molar-refractivity contribution in [2.24, 2.45) is 0 Å². The predicted octanol–water partition coefficient (Wildman–Crippen LogP) is 5.81. The lowest BCUT2D eigenvalue weighted by atomic mass is 10.1. The third-order valence-electron chi connectivity index (χ3n) is 4.11. The number of benzene rings is 2. The summed E-state index contributed by atoms with van der Waals surface area (Å²) in [5, 5.41) is 6.56. The lowest BCUT2D eigenvalue weighted by Gasteiger charge is -2.03. The molecule has 124 valence electrons. The van der Waals surface area contributed by atoms with E-state index in [1.54, 1.807) is 11.3 Å². The molecule has 2 aromatic carbocycles. The summed E-state index contributed by atoms with van der Waals surface area (Å²) in [5.74, 6) is 0. The molecule has 0 atom stereocenters. The summed E-state index contributed by atoms with van der Waals surface area (Å²) in [6.07, 6.45) is 4.68. The molecule has 2 nitrogen and oxygen atoms in total. The van der Waals surface area contributed by atoms with E-state index in [0.29, 0.717) is 0 Å². The maximum atomic E-state index is 4.71. The second-order valence-electron chi connectivity index (χ2n) is 6.00. The van der Waals surface area contributed by atoms with Crippen molar-refractivity contribution < 1.29 is 0 Å². The molecular weight excluding hydrogens is 312 g/mol. The van der Waals surface area contributed by atoms with Crippen LogP contribution in [0.4, 0.5) is 5.13 Å². The summed E-state index contributed by atoms with van der Waals surface area (Å²) < 4.78 is 0. The molecule has 24 heavy (non-hydrogen) atoms. The van der Waals surface area contributed by atoms with Gasteiger partial charge in [-0.2, -0.15) is 0 Å². The molecule has 3 heteroatoms. The highest BCUT2D eigenvalue weighted by atomic mass is 32.1. The Labute approximate surface area is 148 Å². The fraction of sp³-hybridized carbons (Fsp3) is 0.286. The molecule has 1 heterocycles. The van der Waals surface area contributed by atoms with Crippen LogP contribution in [-0.4, -0.2) is 11.5 Å². The van der Waals surface area contributed by atoms with Gasteiger partial charge in [0, 0.05) is 17.5 Å². The van der Waals surface area contributed by atoms with Crippen LogP contribution in [-0.2, 0) is 12.8 Å². The van der Waals surface area contributed by atoms with E-state index in [2.05, 4.69) is 72.2 Å². The van der Waals surface area contributed by atoms with Crippen LogP contribution in [0.25, 0.3) is 11.3 Å². The van der Waals surface area contributed by atoms with Gasteiger partial charge in [-0.25, -0.2) is 4.98 Å². The number of thiazole rings is 1. The summed E-state index contributed by atoms with van der Waals surface area (Å²) >= 11 is 1.68. The molecule has 1 N–H and O–H groups in total. The normalized spacial score (nSPS) is 10.7. The highest BCUT2D eigenvalue weighted by Gasteiger charge is 2.04. The monoisotopic (exact) mass is 336 g/mol. The van der Waals surface area contributed by atoms with Gasteiger partial charge in [-0.1, -0.05) is 67.9 Å². The zero-order valence-electron chi connectivity index (χ0n) is 14.2. The number of unbranched alkanes of at least 4 members (excludes halogenated alkanes) is 1. The lowest BCUT2D eigenvalue weighted by Crippen LogP contribution is -2.04. The van der Waals surface area contributed by atoms with Crippen LogP contribution >= 0.6 is 11.3 Å². The molecule has 0 unspecified atom stereocenters. The first-order valence-corrected chi connectivity index (χ1v) is 9.56. The van der Waals surface area contributed by atoms with Gasteiger partial charge in [0.1, 0.15) is 0 Å². The number of nitrogens with zero attached hydrogens (tertiary/aromatic N) is 1. The summed E-state index contributed by atoms with van der Waals surface area (Å²) in [7, 11) is 0. The van der Waals surface area contributed by atoms with Gasteiger partial charge in [-0.15, -0.1) is 11.3 Å². The smallest absolute Gasteiger partial charge is 0.183 e. The molecule has 0 spiro atoms. The molecule has 0 fully saturated rings. The molecule has 0 saturated carbocycles. The van der Waals surface area contributed by atoms with Crippen molar-refractivity contribution >= 4 is 16.5 Å². The number of rotatable bonds is 8. The zero-order valence-corrected chi connectivity index (χ0v) is 15.0. The maximum Gasteiger partial charge on any atom is 0.183 e. The van der Waals surface area contributed by atoms with Gasteiger partial charge >= 0.3 is 0 Å². The second-order valence-corrected chi connectivity index (χ2v) is 6.86. The SMILES string of the molecule is CCCCc1ccc(-c2csc(NCCc3ccccc3)n2)cc1. The fourth-order valence-corrected chi connectivity index (χ4v) is 3.42. The third-order valence-corrected chi connectivity index (χ3v) is 4.91. The largest absolute Gasteiger partial charge is 0.361 e. The lowest BCUT2D eigenvalue weighted by molar-refractivity contribution is 0.795. The molecule has 0 aliphatic rings. The number of aryl methyl sites for hydroxylation is 1. The van der Waals surface area contributed by atoms with Crippen molar-refractivity contribution in [2.75, 3.05) is 11.9 Å². The molecule has 1 aromatic heterocycles. The minimum atomic E-state index is 0.910. The second kappa shape index (κ2) is 8.65. The van der Waals surface area contributed by atoms with Crippen LogP contribution in [0, 0.1) is 0 Å². The van der Waals surface area contributed by atoms with E-state index < -0.39 is 0 Å². The Balaban J connectivity index is 1.55. The summed E-state index contributed by atoms with van der Waals surface area (Å²) in [5.41, 5.74) is 5.02. The first-order valence-electron chi connectivity index (χ1n) is 8.68. The Kier molecular flexibility index (Phi) is 6.02. The van der Waals surface area contributed by atoms with Crippen molar-refractivity contribution in [2.45, 2.75) is 32.6 Å². The van der Waals surface area contributed by atoms with E-state index in [1.165, 1.54) is 36.0 Å². The van der Waals surface area contributed by atoms with Gasteiger partial charge in [-0.05, 0) is 30.4 Å². The Bertz CT molecular complexity index is 732. The highest BCUT2D eigenvalue weighted by molar-refractivity contribution is 7.14. The molecular formula is C21H24N2S. The van der Waals surface area contributed by atoms with Crippen molar-refractivity contribution in [3.8, 4) is 11.3 Å². The minimum Gasteiger partial charge on any atom is -0.361 e. The molecule has 3 aromatic rings. The van der Waals surface area contributed by atoms with Gasteiger partial charge in [-0.3, -0.25) is 0 Å². The molecule has 0 bridgehead atoms. The van der Waals surface area contributed by atoms with E-state index in [4.69, 9.17) is 4.98 Å². The molecule has 0 saturated heterocycles. The van der Waals surface area contributed by atoms with E-state index >= 15 is 0 Å². The number of aromatic nitrogens is 1. The minimum absolute atomic E-state index is 0.910. The van der Waals surface area contributed by atoms with E-state index in [1.807, 2.05) is 0 Å². The van der Waals surface area contributed by atoms with Crippen molar-refractivity contribution in [1.29, 1.82) is 0 Å². The first kappa shape index (κ1) is 16.7. The topological polar surface area (TPSA) is 24.9 Å². The third kappa shape index (κ3) is 4.68. The van der Waals surface area contributed by atoms with Crippen molar-refractivity contribution in [1.82, 2.24) is 4.98 Å². The first-order chi connectivity index (χ1) is 11.8. The Morgan fingerprint density at radius 3 is 2.42 bits per heavy atom. The standard InChI is InChI=1S/C21H24N2S/c1-2-3-7-18-10-12-19(13-11-18)20-16-24-21(23-20)22-15-14-17-8-5-4-6-9-17/h4-6,8-13,16H,2-3,7,14-15H2,1H3,(H,22,23). The van der Waals surface area contributed by atoms with E-state index in [0.717, 1.165) is 23.8 Å². The quantitative estimate of drug-likeness (QED) is 0.561. The number of anilines is 1. The van der Waals surface area contributed by atoms with Gasteiger partial charge in [0.25, 0.3) is 0 Å². The van der Waals surface area contributed by atoms with Gasteiger partial charge < -0.3 is 5.32 Å². The summed E-state index contributed by atoms with van der Waals surface area (Å²) in [4.78, 5) is 4.71. The Morgan fingerprint density at radius 2 is 1.67 bits per heavy atom. The Hall–Kier alpha value is -2.13. The molecule has 0 radical (unpaired) electrons. The number of hydrogen-bond donors (Lipinski definition) is 1. The number of hydrogen-bond acceptors (Lipinski definition) is 3. The summed E-state index contributed by atoms with van der Waals surface area (Å²) in [6, 6.07) is 19.4. The van der Waals surface area contributed by atoms with Crippen LogP contribution in [0.1, 0.15) is 30.9 Å². The van der Waals surface area contributed by atoms with Gasteiger partial charge in [0.15, 0.2) is 5.13 Å². The van der Waals surface area contributed by atoms with Crippen molar-refractivity contribution in [3.05, 3.63) is 71.1 Å². The number of nitrogens with one attached hydrogen (secondary N) is 1. The van der Waals surface area contributed by atoms with Crippen LogP contribution < -0.4 is 5.32 Å².